The van der Waals surface area contributed by atoms with Crippen LogP contribution >= 0.6 is 24.0 Å². The van der Waals surface area contributed by atoms with E-state index in [-0.39, 0.29) is 0 Å². The number of benzene rings is 1. The number of nitrogens with two attached hydrogens (primary N) is 1. The Kier molecular flexibility index (Phi) is 5.78. The summed E-state index contributed by atoms with van der Waals surface area (Å²) in [4.78, 5) is 3.96. The standard InChI is InChI=1S/C13H20N2S2/c1-4-15(5-2)10-8-7-9-11(17-6-3)12(10)13(14)16/h7-9H,4-6H2,1-3H3,(H2,14,16). The predicted molar refractivity (Wildman–Crippen MR) is 82.3 cm³/mol. The molecular weight excluding hydrogens is 248 g/mol. The summed E-state index contributed by atoms with van der Waals surface area (Å²) in [6.07, 6.45) is 0. The SMILES string of the molecule is CCSc1cccc(N(CC)CC)c1C(N)=S. The topological polar surface area (TPSA) is 29.3 Å². The fourth-order valence-electron chi connectivity index (χ4n) is 1.87. The van der Waals surface area contributed by atoms with Crippen molar-refractivity contribution in [2.24, 2.45) is 5.73 Å². The average molecular weight is 268 g/mol. The highest BCUT2D eigenvalue weighted by atomic mass is 32.2. The maximum Gasteiger partial charge on any atom is 0.107 e. The number of hydrogen-bond donors (Lipinski definition) is 1. The van der Waals surface area contributed by atoms with Crippen LogP contribution in [0.2, 0.25) is 0 Å². The van der Waals surface area contributed by atoms with E-state index in [4.69, 9.17) is 18.0 Å². The van der Waals surface area contributed by atoms with Gasteiger partial charge < -0.3 is 10.6 Å². The molecule has 17 heavy (non-hydrogen) atoms. The van der Waals surface area contributed by atoms with Crippen LogP contribution in [0, 0.1) is 0 Å². The largest absolute Gasteiger partial charge is 0.389 e. The third-order valence-electron chi connectivity index (χ3n) is 2.65. The van der Waals surface area contributed by atoms with E-state index in [1.54, 1.807) is 11.8 Å². The van der Waals surface area contributed by atoms with Crippen LogP contribution in [0.3, 0.4) is 0 Å². The molecule has 0 fully saturated rings. The molecule has 2 N–H and O–H groups in total. The minimum atomic E-state index is 0.489. The Morgan fingerprint density at radius 3 is 2.41 bits per heavy atom. The first-order valence-electron chi connectivity index (χ1n) is 5.96. The maximum absolute atomic E-state index is 5.88. The van der Waals surface area contributed by atoms with Crippen molar-refractivity contribution in [1.82, 2.24) is 0 Å². The first-order valence-corrected chi connectivity index (χ1v) is 7.35. The van der Waals surface area contributed by atoms with Crippen LogP contribution in [-0.2, 0) is 0 Å². The molecule has 1 aromatic carbocycles. The molecule has 94 valence electrons. The van der Waals surface area contributed by atoms with Gasteiger partial charge in [-0.2, -0.15) is 0 Å². The minimum absolute atomic E-state index is 0.489. The van der Waals surface area contributed by atoms with Gasteiger partial charge in [-0.05, 0) is 31.7 Å². The van der Waals surface area contributed by atoms with Crippen molar-refractivity contribution in [3.8, 4) is 0 Å². The van der Waals surface area contributed by atoms with Gasteiger partial charge in [-0.3, -0.25) is 0 Å². The Hall–Kier alpha value is -0.740. The molecular formula is C13H20N2S2. The summed E-state index contributed by atoms with van der Waals surface area (Å²) in [6.45, 7) is 8.36. The van der Waals surface area contributed by atoms with E-state index in [0.717, 1.165) is 30.1 Å². The molecule has 0 unspecified atom stereocenters. The van der Waals surface area contributed by atoms with Crippen molar-refractivity contribution in [2.45, 2.75) is 25.7 Å². The van der Waals surface area contributed by atoms with Gasteiger partial charge in [0.15, 0.2) is 0 Å². The quantitative estimate of drug-likeness (QED) is 0.633. The van der Waals surface area contributed by atoms with Gasteiger partial charge >= 0.3 is 0 Å². The molecule has 0 aliphatic rings. The van der Waals surface area contributed by atoms with Crippen LogP contribution in [0.4, 0.5) is 5.69 Å². The molecule has 2 nitrogen and oxygen atoms in total. The molecule has 0 amide bonds. The van der Waals surface area contributed by atoms with Crippen LogP contribution in [0.5, 0.6) is 0 Å². The van der Waals surface area contributed by atoms with E-state index in [1.807, 2.05) is 0 Å². The first-order chi connectivity index (χ1) is 8.15. The molecule has 0 atom stereocenters. The zero-order valence-electron chi connectivity index (χ0n) is 10.7. The number of anilines is 1. The summed E-state index contributed by atoms with van der Waals surface area (Å²) in [5, 5.41) is 0. The highest BCUT2D eigenvalue weighted by Gasteiger charge is 2.14. The molecule has 1 aromatic rings. The lowest BCUT2D eigenvalue weighted by Crippen LogP contribution is -2.26. The molecule has 0 bridgehead atoms. The van der Waals surface area contributed by atoms with Gasteiger partial charge in [0.1, 0.15) is 4.99 Å². The summed E-state index contributed by atoms with van der Waals surface area (Å²) in [6, 6.07) is 6.27. The van der Waals surface area contributed by atoms with Crippen molar-refractivity contribution in [2.75, 3.05) is 23.7 Å². The van der Waals surface area contributed by atoms with Gasteiger partial charge in [-0.15, -0.1) is 11.8 Å². The van der Waals surface area contributed by atoms with E-state index < -0.39 is 0 Å². The lowest BCUT2D eigenvalue weighted by atomic mass is 10.1. The molecule has 1 rings (SSSR count). The monoisotopic (exact) mass is 268 g/mol. The second-order valence-electron chi connectivity index (χ2n) is 3.62. The van der Waals surface area contributed by atoms with Gasteiger partial charge in [-0.1, -0.05) is 25.2 Å². The number of thioether (sulfide) groups is 1. The van der Waals surface area contributed by atoms with Crippen molar-refractivity contribution < 1.29 is 0 Å². The van der Waals surface area contributed by atoms with Crippen LogP contribution < -0.4 is 10.6 Å². The molecule has 0 spiro atoms. The summed E-state index contributed by atoms with van der Waals surface area (Å²) in [5.41, 5.74) is 8.06. The predicted octanol–water partition coefficient (Wildman–Crippen LogP) is 3.28. The number of hydrogen-bond acceptors (Lipinski definition) is 3. The third-order valence-corrected chi connectivity index (χ3v) is 3.80. The van der Waals surface area contributed by atoms with Crippen molar-refractivity contribution in [3.05, 3.63) is 23.8 Å². The Labute approximate surface area is 114 Å². The van der Waals surface area contributed by atoms with Gasteiger partial charge in [0.25, 0.3) is 0 Å². The normalized spacial score (nSPS) is 10.3. The lowest BCUT2D eigenvalue weighted by Gasteiger charge is -2.25. The van der Waals surface area contributed by atoms with E-state index in [0.29, 0.717) is 4.99 Å². The van der Waals surface area contributed by atoms with Crippen LogP contribution in [-0.4, -0.2) is 23.8 Å². The zero-order valence-corrected chi connectivity index (χ0v) is 12.3. The summed E-state index contributed by atoms with van der Waals surface area (Å²) >= 11 is 6.99. The Balaban J connectivity index is 3.28. The molecule has 0 saturated carbocycles. The zero-order chi connectivity index (χ0) is 12.8. The van der Waals surface area contributed by atoms with Crippen molar-refractivity contribution in [1.29, 1.82) is 0 Å². The van der Waals surface area contributed by atoms with Crippen LogP contribution in [0.25, 0.3) is 0 Å². The van der Waals surface area contributed by atoms with E-state index in [1.165, 1.54) is 4.90 Å². The highest BCUT2D eigenvalue weighted by Crippen LogP contribution is 2.30. The summed E-state index contributed by atoms with van der Waals surface area (Å²) in [7, 11) is 0. The minimum Gasteiger partial charge on any atom is -0.389 e. The molecule has 0 saturated heterocycles. The number of nitrogens with zero attached hydrogens (tertiary/aromatic N) is 1. The molecule has 0 aliphatic heterocycles. The summed E-state index contributed by atoms with van der Waals surface area (Å²) < 4.78 is 0. The smallest absolute Gasteiger partial charge is 0.107 e. The van der Waals surface area contributed by atoms with Gasteiger partial charge in [0.05, 0.1) is 0 Å². The van der Waals surface area contributed by atoms with Gasteiger partial charge in [0.2, 0.25) is 0 Å². The fraction of sp³-hybridized carbons (Fsp3) is 0.462. The molecule has 0 radical (unpaired) electrons. The maximum atomic E-state index is 5.88. The summed E-state index contributed by atoms with van der Waals surface area (Å²) in [5.74, 6) is 1.03. The number of thiocarbonyl (C=S) groups is 1. The molecule has 0 aliphatic carbocycles. The second-order valence-corrected chi connectivity index (χ2v) is 5.37. The van der Waals surface area contributed by atoms with Crippen molar-refractivity contribution in [3.63, 3.8) is 0 Å². The third kappa shape index (κ3) is 3.36. The fourth-order valence-corrected chi connectivity index (χ4v) is 2.99. The number of rotatable bonds is 6. The van der Waals surface area contributed by atoms with Gasteiger partial charge in [-0.25, -0.2) is 0 Å². The van der Waals surface area contributed by atoms with E-state index in [9.17, 15) is 0 Å². The Bertz CT molecular complexity index is 387. The van der Waals surface area contributed by atoms with Crippen LogP contribution in [0.1, 0.15) is 26.3 Å². The van der Waals surface area contributed by atoms with Crippen molar-refractivity contribution >= 4 is 34.7 Å². The van der Waals surface area contributed by atoms with E-state index >= 15 is 0 Å². The Morgan fingerprint density at radius 1 is 1.29 bits per heavy atom. The molecule has 0 heterocycles. The highest BCUT2D eigenvalue weighted by molar-refractivity contribution is 7.99. The van der Waals surface area contributed by atoms with Crippen LogP contribution in [0.15, 0.2) is 23.1 Å². The second kappa shape index (κ2) is 6.87. The molecule has 4 heteroatoms. The first kappa shape index (κ1) is 14.3. The molecule has 0 aromatic heterocycles. The lowest BCUT2D eigenvalue weighted by molar-refractivity contribution is 0.863. The van der Waals surface area contributed by atoms with Gasteiger partial charge in [0, 0.05) is 29.2 Å². The average Bonchev–Trinajstić information content (AvgIpc) is 2.31. The van der Waals surface area contributed by atoms with E-state index in [2.05, 4.69) is 43.9 Å². The Morgan fingerprint density at radius 2 is 1.94 bits per heavy atom.